The third-order valence-corrected chi connectivity index (χ3v) is 5.56. The second-order valence-corrected chi connectivity index (χ2v) is 9.41. The van der Waals surface area contributed by atoms with E-state index >= 15 is 0 Å². The predicted octanol–water partition coefficient (Wildman–Crippen LogP) is 2.73. The zero-order chi connectivity index (χ0) is 21.9. The molecular formula is C22H33N3O5. The summed E-state index contributed by atoms with van der Waals surface area (Å²) in [6.45, 7) is 8.22. The average Bonchev–Trinajstić information content (AvgIpc) is 3.30. The number of likely N-dealkylation sites (tertiary alicyclic amines) is 2. The highest BCUT2D eigenvalue weighted by Crippen LogP contribution is 2.26. The summed E-state index contributed by atoms with van der Waals surface area (Å²) in [6.07, 6.45) is 3.35. The van der Waals surface area contributed by atoms with Gasteiger partial charge in [-0.15, -0.1) is 0 Å². The Morgan fingerprint density at radius 2 is 2.07 bits per heavy atom. The zero-order valence-electron chi connectivity index (χ0n) is 18.4. The van der Waals surface area contributed by atoms with Gasteiger partial charge in [-0.05, 0) is 51.7 Å². The molecule has 30 heavy (non-hydrogen) atoms. The van der Waals surface area contributed by atoms with Crippen LogP contribution < -0.4 is 0 Å². The van der Waals surface area contributed by atoms with E-state index in [1.807, 2.05) is 31.7 Å². The summed E-state index contributed by atoms with van der Waals surface area (Å²) >= 11 is 0. The molecule has 0 radical (unpaired) electrons. The summed E-state index contributed by atoms with van der Waals surface area (Å²) in [5.41, 5.74) is -0.531. The Kier molecular flexibility index (Phi) is 6.73. The highest BCUT2D eigenvalue weighted by Gasteiger charge is 2.38. The Hall–Kier alpha value is -2.51. The van der Waals surface area contributed by atoms with E-state index in [2.05, 4.69) is 0 Å². The third-order valence-electron chi connectivity index (χ3n) is 5.56. The van der Waals surface area contributed by atoms with Crippen molar-refractivity contribution in [2.75, 3.05) is 33.2 Å². The molecule has 1 aromatic heterocycles. The van der Waals surface area contributed by atoms with Gasteiger partial charge in [-0.3, -0.25) is 9.59 Å². The normalized spacial score (nSPS) is 22.3. The number of hydrogen-bond donors (Lipinski definition) is 0. The van der Waals surface area contributed by atoms with Crippen molar-refractivity contribution in [2.45, 2.75) is 52.2 Å². The third kappa shape index (κ3) is 5.77. The lowest BCUT2D eigenvalue weighted by molar-refractivity contribution is -0.137. The molecule has 3 heterocycles. The van der Waals surface area contributed by atoms with Crippen LogP contribution in [0.1, 0.15) is 45.8 Å². The quantitative estimate of drug-likeness (QED) is 0.733. The van der Waals surface area contributed by atoms with Gasteiger partial charge in [0, 0.05) is 39.6 Å². The van der Waals surface area contributed by atoms with Crippen LogP contribution in [0.25, 0.3) is 0 Å². The second-order valence-electron chi connectivity index (χ2n) is 9.41. The first-order valence-corrected chi connectivity index (χ1v) is 10.7. The zero-order valence-corrected chi connectivity index (χ0v) is 18.4. The molecule has 2 aliphatic rings. The van der Waals surface area contributed by atoms with Crippen molar-refractivity contribution < 1.29 is 23.5 Å². The fourth-order valence-corrected chi connectivity index (χ4v) is 4.16. The number of piperidine rings is 1. The molecule has 8 nitrogen and oxygen atoms in total. The van der Waals surface area contributed by atoms with Gasteiger partial charge in [0.1, 0.15) is 11.4 Å². The fraction of sp³-hybridized carbons (Fsp3) is 0.682. The molecule has 0 bridgehead atoms. The van der Waals surface area contributed by atoms with E-state index in [4.69, 9.17) is 9.15 Å². The maximum atomic E-state index is 13.1. The van der Waals surface area contributed by atoms with Gasteiger partial charge >= 0.3 is 6.09 Å². The highest BCUT2D eigenvalue weighted by atomic mass is 16.6. The average molecular weight is 420 g/mol. The molecule has 0 aliphatic carbocycles. The van der Waals surface area contributed by atoms with Crippen LogP contribution in [0.15, 0.2) is 22.8 Å². The van der Waals surface area contributed by atoms with E-state index in [0.717, 1.165) is 18.6 Å². The van der Waals surface area contributed by atoms with Crippen LogP contribution in [0.5, 0.6) is 0 Å². The van der Waals surface area contributed by atoms with Crippen LogP contribution >= 0.6 is 0 Å². The van der Waals surface area contributed by atoms with Crippen LogP contribution in [0.4, 0.5) is 4.79 Å². The molecule has 2 atom stereocenters. The van der Waals surface area contributed by atoms with E-state index in [0.29, 0.717) is 32.7 Å². The summed E-state index contributed by atoms with van der Waals surface area (Å²) in [6, 6.07) is 3.62. The summed E-state index contributed by atoms with van der Waals surface area (Å²) in [5.74, 6) is 0.642. The Morgan fingerprint density at radius 3 is 2.73 bits per heavy atom. The summed E-state index contributed by atoms with van der Waals surface area (Å²) in [4.78, 5) is 42.8. The highest BCUT2D eigenvalue weighted by molar-refractivity contribution is 5.89. The minimum absolute atomic E-state index is 0.0111. The molecule has 0 aromatic carbocycles. The van der Waals surface area contributed by atoms with Crippen LogP contribution in [-0.2, 0) is 20.9 Å². The first kappa shape index (κ1) is 22.2. The summed E-state index contributed by atoms with van der Waals surface area (Å²) in [7, 11) is 1.73. The molecule has 0 spiro atoms. The number of rotatable bonds is 5. The lowest BCUT2D eigenvalue weighted by Crippen LogP contribution is -2.47. The number of amides is 3. The van der Waals surface area contributed by atoms with E-state index in [1.54, 1.807) is 29.2 Å². The SMILES string of the molecule is CN(CC1CCCN(C(=O)C2CC(=O)N(Cc3ccco3)C2)C1)C(=O)OC(C)(C)C. The van der Waals surface area contributed by atoms with Crippen molar-refractivity contribution in [3.05, 3.63) is 24.2 Å². The monoisotopic (exact) mass is 419 g/mol. The van der Waals surface area contributed by atoms with Gasteiger partial charge < -0.3 is 23.9 Å². The summed E-state index contributed by atoms with van der Waals surface area (Å²) < 4.78 is 10.7. The Morgan fingerprint density at radius 1 is 1.30 bits per heavy atom. The first-order valence-electron chi connectivity index (χ1n) is 10.7. The van der Waals surface area contributed by atoms with Crippen molar-refractivity contribution in [1.29, 1.82) is 0 Å². The molecule has 3 amide bonds. The van der Waals surface area contributed by atoms with Crippen LogP contribution in [-0.4, -0.2) is 71.4 Å². The molecule has 0 N–H and O–H groups in total. The largest absolute Gasteiger partial charge is 0.467 e. The second kappa shape index (κ2) is 9.10. The molecule has 0 saturated carbocycles. The molecule has 2 fully saturated rings. The lowest BCUT2D eigenvalue weighted by Gasteiger charge is -2.36. The summed E-state index contributed by atoms with van der Waals surface area (Å²) in [5, 5.41) is 0. The van der Waals surface area contributed by atoms with E-state index in [-0.39, 0.29) is 36.2 Å². The number of ether oxygens (including phenoxy) is 1. The number of carbonyl (C=O) groups is 3. The van der Waals surface area contributed by atoms with Gasteiger partial charge in [0.2, 0.25) is 11.8 Å². The number of furan rings is 1. The van der Waals surface area contributed by atoms with E-state index < -0.39 is 5.60 Å². The molecule has 2 saturated heterocycles. The number of hydrogen-bond acceptors (Lipinski definition) is 5. The molecule has 8 heteroatoms. The Balaban J connectivity index is 1.51. The lowest BCUT2D eigenvalue weighted by atomic mass is 9.96. The van der Waals surface area contributed by atoms with E-state index in [1.165, 1.54) is 0 Å². The van der Waals surface area contributed by atoms with Crippen molar-refractivity contribution in [1.82, 2.24) is 14.7 Å². The fourth-order valence-electron chi connectivity index (χ4n) is 4.16. The van der Waals surface area contributed by atoms with Gasteiger partial charge in [0.15, 0.2) is 0 Å². The van der Waals surface area contributed by atoms with Crippen molar-refractivity contribution in [3.63, 3.8) is 0 Å². The molecule has 2 unspecified atom stereocenters. The van der Waals surface area contributed by atoms with Gasteiger partial charge in [-0.2, -0.15) is 0 Å². The molecule has 1 aromatic rings. The maximum absolute atomic E-state index is 13.1. The number of nitrogens with zero attached hydrogens (tertiary/aromatic N) is 3. The van der Waals surface area contributed by atoms with Crippen LogP contribution in [0, 0.1) is 11.8 Å². The van der Waals surface area contributed by atoms with Gasteiger partial charge in [-0.1, -0.05) is 0 Å². The topological polar surface area (TPSA) is 83.3 Å². The maximum Gasteiger partial charge on any atom is 0.410 e. The van der Waals surface area contributed by atoms with Crippen molar-refractivity contribution in [2.24, 2.45) is 11.8 Å². The molecule has 3 rings (SSSR count). The minimum atomic E-state index is -0.531. The van der Waals surface area contributed by atoms with Gasteiger partial charge in [-0.25, -0.2) is 4.79 Å². The molecule has 2 aliphatic heterocycles. The van der Waals surface area contributed by atoms with Crippen molar-refractivity contribution in [3.8, 4) is 0 Å². The smallest absolute Gasteiger partial charge is 0.410 e. The Bertz CT molecular complexity index is 755. The predicted molar refractivity (Wildman–Crippen MR) is 110 cm³/mol. The molecule has 166 valence electrons. The Labute approximate surface area is 178 Å². The van der Waals surface area contributed by atoms with Gasteiger partial charge in [0.05, 0.1) is 18.7 Å². The standard InChI is InChI=1S/C22H33N3O5/c1-22(2,3)30-21(28)23(4)12-16-7-5-9-24(13-16)20(27)17-11-19(26)25(14-17)15-18-8-6-10-29-18/h6,8,10,16-17H,5,7,9,11-15H2,1-4H3. The first-order chi connectivity index (χ1) is 14.1. The van der Waals surface area contributed by atoms with E-state index in [9.17, 15) is 14.4 Å². The number of carbonyl (C=O) groups excluding carboxylic acids is 3. The minimum Gasteiger partial charge on any atom is -0.467 e. The molecular weight excluding hydrogens is 386 g/mol. The van der Waals surface area contributed by atoms with Crippen molar-refractivity contribution >= 4 is 17.9 Å². The van der Waals surface area contributed by atoms with Crippen LogP contribution in [0.2, 0.25) is 0 Å². The van der Waals surface area contributed by atoms with Gasteiger partial charge in [0.25, 0.3) is 0 Å². The van der Waals surface area contributed by atoms with Crippen LogP contribution in [0.3, 0.4) is 0 Å².